The summed E-state index contributed by atoms with van der Waals surface area (Å²) in [6.45, 7) is 6.51. The molecule has 1 fully saturated rings. The van der Waals surface area contributed by atoms with Crippen molar-refractivity contribution in [3.8, 4) is 0 Å². The molecule has 2 aromatic carbocycles. The van der Waals surface area contributed by atoms with Crippen molar-refractivity contribution in [1.29, 1.82) is 0 Å². The van der Waals surface area contributed by atoms with Crippen molar-refractivity contribution in [3.63, 3.8) is 0 Å². The molecule has 8 nitrogen and oxygen atoms in total. The predicted molar refractivity (Wildman–Crippen MR) is 138 cm³/mol. The highest BCUT2D eigenvalue weighted by Crippen LogP contribution is 2.35. The van der Waals surface area contributed by atoms with Gasteiger partial charge < -0.3 is 10.2 Å². The van der Waals surface area contributed by atoms with E-state index >= 15 is 0 Å². The van der Waals surface area contributed by atoms with E-state index in [0.29, 0.717) is 29.3 Å². The van der Waals surface area contributed by atoms with Gasteiger partial charge in [-0.25, -0.2) is 0 Å². The van der Waals surface area contributed by atoms with Crippen LogP contribution in [0.4, 0.5) is 16.5 Å². The van der Waals surface area contributed by atoms with Crippen molar-refractivity contribution in [2.75, 3.05) is 22.1 Å². The van der Waals surface area contributed by atoms with Gasteiger partial charge in [0.1, 0.15) is 5.01 Å². The molecular formula is C26H29N5O3S. The fraction of sp³-hybridized carbons (Fsp3) is 0.346. The SMILES string of the molecule is CCC(CC)C(=O)Nc1ccc(C(=O)Nc2nnc([C@@H]3CC(=O)N(c4ccccc4C)C3)s2)cc1. The number of hydrogen-bond donors (Lipinski definition) is 2. The normalized spacial score (nSPS) is 15.5. The van der Waals surface area contributed by atoms with Crippen molar-refractivity contribution < 1.29 is 14.4 Å². The van der Waals surface area contributed by atoms with E-state index in [1.165, 1.54) is 11.3 Å². The molecule has 0 spiro atoms. The van der Waals surface area contributed by atoms with E-state index in [9.17, 15) is 14.4 Å². The number of anilines is 3. The van der Waals surface area contributed by atoms with E-state index < -0.39 is 0 Å². The average molecular weight is 492 g/mol. The van der Waals surface area contributed by atoms with Crippen LogP contribution in [-0.4, -0.2) is 34.5 Å². The van der Waals surface area contributed by atoms with Gasteiger partial charge in [-0.1, -0.05) is 43.4 Å². The second-order valence-corrected chi connectivity index (χ2v) is 9.68. The molecule has 1 aliphatic heterocycles. The number of aromatic nitrogens is 2. The molecule has 0 saturated carbocycles. The Kier molecular flexibility index (Phi) is 7.55. The zero-order chi connectivity index (χ0) is 24.9. The van der Waals surface area contributed by atoms with Crippen LogP contribution in [0.2, 0.25) is 0 Å². The van der Waals surface area contributed by atoms with Crippen LogP contribution in [-0.2, 0) is 9.59 Å². The Morgan fingerprint density at radius 2 is 1.77 bits per heavy atom. The molecule has 4 rings (SSSR count). The molecular weight excluding hydrogens is 462 g/mol. The molecule has 2 N–H and O–H groups in total. The Morgan fingerprint density at radius 1 is 1.06 bits per heavy atom. The summed E-state index contributed by atoms with van der Waals surface area (Å²) in [5, 5.41) is 15.1. The minimum absolute atomic E-state index is 0.0139. The van der Waals surface area contributed by atoms with Crippen LogP contribution in [0, 0.1) is 12.8 Å². The highest BCUT2D eigenvalue weighted by molar-refractivity contribution is 7.15. The van der Waals surface area contributed by atoms with Crippen LogP contribution < -0.4 is 15.5 Å². The largest absolute Gasteiger partial charge is 0.326 e. The molecule has 0 radical (unpaired) electrons. The summed E-state index contributed by atoms with van der Waals surface area (Å²) in [5.41, 5.74) is 3.07. The summed E-state index contributed by atoms with van der Waals surface area (Å²) in [5.74, 6) is -0.359. The summed E-state index contributed by atoms with van der Waals surface area (Å²) >= 11 is 1.29. The van der Waals surface area contributed by atoms with Gasteiger partial charge in [0.25, 0.3) is 5.91 Å². The van der Waals surface area contributed by atoms with Crippen molar-refractivity contribution in [2.45, 2.75) is 46.0 Å². The quantitative estimate of drug-likeness (QED) is 0.462. The van der Waals surface area contributed by atoms with E-state index in [0.717, 1.165) is 29.1 Å². The van der Waals surface area contributed by atoms with Crippen molar-refractivity contribution in [1.82, 2.24) is 10.2 Å². The van der Waals surface area contributed by atoms with Gasteiger partial charge in [0, 0.05) is 41.7 Å². The van der Waals surface area contributed by atoms with Crippen LogP contribution in [0.15, 0.2) is 48.5 Å². The smallest absolute Gasteiger partial charge is 0.257 e. The third-order valence-electron chi connectivity index (χ3n) is 6.31. The number of hydrogen-bond acceptors (Lipinski definition) is 6. The predicted octanol–water partition coefficient (Wildman–Crippen LogP) is 4.99. The number of amides is 3. The molecule has 0 unspecified atom stereocenters. The van der Waals surface area contributed by atoms with Gasteiger partial charge in [0.15, 0.2) is 0 Å². The number of carbonyl (C=O) groups is 3. The summed E-state index contributed by atoms with van der Waals surface area (Å²) < 4.78 is 0. The zero-order valence-electron chi connectivity index (χ0n) is 20.1. The minimum atomic E-state index is -0.311. The first-order chi connectivity index (χ1) is 16.9. The van der Waals surface area contributed by atoms with E-state index in [4.69, 9.17) is 0 Å². The van der Waals surface area contributed by atoms with Gasteiger partial charge in [-0.2, -0.15) is 0 Å². The molecule has 0 aliphatic carbocycles. The Hall–Kier alpha value is -3.59. The first-order valence-corrected chi connectivity index (χ1v) is 12.6. The maximum Gasteiger partial charge on any atom is 0.257 e. The number of carbonyl (C=O) groups excluding carboxylic acids is 3. The Bertz CT molecular complexity index is 1220. The third-order valence-corrected chi connectivity index (χ3v) is 7.31. The molecule has 182 valence electrons. The highest BCUT2D eigenvalue weighted by atomic mass is 32.1. The molecule has 1 aromatic heterocycles. The number of benzene rings is 2. The summed E-state index contributed by atoms with van der Waals surface area (Å²) in [6, 6.07) is 14.6. The topological polar surface area (TPSA) is 104 Å². The van der Waals surface area contributed by atoms with Gasteiger partial charge in [-0.3, -0.25) is 19.7 Å². The lowest BCUT2D eigenvalue weighted by Gasteiger charge is -2.18. The van der Waals surface area contributed by atoms with Crippen LogP contribution in [0.1, 0.15) is 60.0 Å². The van der Waals surface area contributed by atoms with E-state index in [2.05, 4.69) is 20.8 Å². The van der Waals surface area contributed by atoms with Crippen LogP contribution in [0.25, 0.3) is 0 Å². The highest BCUT2D eigenvalue weighted by Gasteiger charge is 2.34. The van der Waals surface area contributed by atoms with Crippen molar-refractivity contribution in [3.05, 3.63) is 64.7 Å². The molecule has 35 heavy (non-hydrogen) atoms. The molecule has 9 heteroatoms. The van der Waals surface area contributed by atoms with E-state index in [1.807, 2.05) is 45.0 Å². The molecule has 1 atom stereocenters. The fourth-order valence-electron chi connectivity index (χ4n) is 4.20. The van der Waals surface area contributed by atoms with Crippen LogP contribution in [0.5, 0.6) is 0 Å². The maximum absolute atomic E-state index is 12.7. The van der Waals surface area contributed by atoms with Gasteiger partial charge in [0.05, 0.1) is 0 Å². The summed E-state index contributed by atoms with van der Waals surface area (Å²) in [4.78, 5) is 39.4. The average Bonchev–Trinajstić information content (AvgIpc) is 3.47. The Balaban J connectivity index is 1.37. The number of rotatable bonds is 8. The van der Waals surface area contributed by atoms with Crippen molar-refractivity contribution >= 4 is 45.6 Å². The summed E-state index contributed by atoms with van der Waals surface area (Å²) in [6.07, 6.45) is 1.93. The van der Waals surface area contributed by atoms with Crippen molar-refractivity contribution in [2.24, 2.45) is 5.92 Å². The number of nitrogens with zero attached hydrogens (tertiary/aromatic N) is 3. The van der Waals surface area contributed by atoms with Crippen LogP contribution in [0.3, 0.4) is 0 Å². The number of para-hydroxylation sites is 1. The first-order valence-electron chi connectivity index (χ1n) is 11.8. The lowest BCUT2D eigenvalue weighted by molar-refractivity contribution is -0.120. The van der Waals surface area contributed by atoms with E-state index in [-0.39, 0.29) is 29.6 Å². The molecule has 3 amide bonds. The lowest BCUT2D eigenvalue weighted by atomic mass is 10.0. The molecule has 2 heterocycles. The summed E-state index contributed by atoms with van der Waals surface area (Å²) in [7, 11) is 0. The molecule has 3 aromatic rings. The molecule has 0 bridgehead atoms. The standard InChI is InChI=1S/C26H29N5O3S/c1-4-17(5-2)23(33)27-20-12-10-18(11-13-20)24(34)28-26-30-29-25(35-26)19-14-22(32)31(15-19)21-9-7-6-8-16(21)3/h6-13,17,19H,4-5,14-15H2,1-3H3,(H,27,33)(H,28,30,34)/t19-/m1/s1. The van der Waals surface area contributed by atoms with Gasteiger partial charge >= 0.3 is 0 Å². The molecule has 1 saturated heterocycles. The first kappa shape index (κ1) is 24.5. The zero-order valence-corrected chi connectivity index (χ0v) is 20.9. The second kappa shape index (κ2) is 10.8. The number of aryl methyl sites for hydroxylation is 1. The van der Waals surface area contributed by atoms with E-state index in [1.54, 1.807) is 29.2 Å². The maximum atomic E-state index is 12.7. The fourth-order valence-corrected chi connectivity index (χ4v) is 5.03. The molecule has 1 aliphatic rings. The minimum Gasteiger partial charge on any atom is -0.326 e. The Morgan fingerprint density at radius 3 is 2.46 bits per heavy atom. The Labute approximate surface area is 208 Å². The lowest BCUT2D eigenvalue weighted by Crippen LogP contribution is -2.25. The van der Waals surface area contributed by atoms with Crippen LogP contribution >= 0.6 is 11.3 Å². The number of nitrogens with one attached hydrogen (secondary N) is 2. The second-order valence-electron chi connectivity index (χ2n) is 8.67. The van der Waals surface area contributed by atoms with Gasteiger partial charge in [0.2, 0.25) is 16.9 Å². The van der Waals surface area contributed by atoms with Gasteiger partial charge in [-0.05, 0) is 55.7 Å². The van der Waals surface area contributed by atoms with Gasteiger partial charge in [-0.15, -0.1) is 10.2 Å². The monoisotopic (exact) mass is 491 g/mol. The third kappa shape index (κ3) is 5.57.